The van der Waals surface area contributed by atoms with E-state index >= 15 is 0 Å². The lowest BCUT2D eigenvalue weighted by Crippen LogP contribution is -2.24. The predicted octanol–water partition coefficient (Wildman–Crippen LogP) is 3.19. The number of aromatic nitrogens is 2. The summed E-state index contributed by atoms with van der Waals surface area (Å²) in [7, 11) is 1.64. The largest absolute Gasteiger partial charge is 0.497 e. The van der Waals surface area contributed by atoms with E-state index in [-0.39, 0.29) is 24.0 Å². The van der Waals surface area contributed by atoms with Crippen molar-refractivity contribution in [3.05, 3.63) is 41.7 Å². The van der Waals surface area contributed by atoms with E-state index in [0.29, 0.717) is 18.4 Å². The van der Waals surface area contributed by atoms with Crippen LogP contribution in [0.15, 0.2) is 35.3 Å². The molecule has 2 aromatic rings. The molecule has 0 bridgehead atoms. The van der Waals surface area contributed by atoms with Crippen molar-refractivity contribution >= 4 is 35.6 Å². The number of nitrogens with zero attached hydrogens (tertiary/aromatic N) is 3. The number of guanidine groups is 1. The van der Waals surface area contributed by atoms with Gasteiger partial charge in [-0.15, -0.1) is 24.0 Å². The van der Waals surface area contributed by atoms with Gasteiger partial charge < -0.3 is 15.8 Å². The molecule has 0 aliphatic rings. The summed E-state index contributed by atoms with van der Waals surface area (Å²) < 4.78 is 7.20. The zero-order valence-corrected chi connectivity index (χ0v) is 16.9. The summed E-state index contributed by atoms with van der Waals surface area (Å²) in [5.41, 5.74) is 9.01. The van der Waals surface area contributed by atoms with E-state index in [0.717, 1.165) is 23.7 Å². The van der Waals surface area contributed by atoms with Gasteiger partial charge in [0, 0.05) is 30.5 Å². The molecule has 0 aliphatic heterocycles. The summed E-state index contributed by atoms with van der Waals surface area (Å²) in [6.07, 6.45) is 0. The first-order valence-electron chi connectivity index (χ1n) is 7.70. The lowest BCUT2D eigenvalue weighted by Gasteiger charge is -2.12. The van der Waals surface area contributed by atoms with E-state index in [9.17, 15) is 0 Å². The average molecular weight is 443 g/mol. The average Bonchev–Trinajstić information content (AvgIpc) is 2.83. The molecule has 0 saturated carbocycles. The number of aryl methyl sites for hydroxylation is 2. The Labute approximate surface area is 160 Å². The molecule has 1 aromatic carbocycles. The van der Waals surface area contributed by atoms with Gasteiger partial charge in [0.15, 0.2) is 5.96 Å². The number of hydrogen-bond donors (Lipinski definition) is 2. The van der Waals surface area contributed by atoms with Crippen molar-refractivity contribution in [2.75, 3.05) is 19.0 Å². The second-order valence-corrected chi connectivity index (χ2v) is 5.80. The summed E-state index contributed by atoms with van der Waals surface area (Å²) in [4.78, 5) is 4.41. The summed E-state index contributed by atoms with van der Waals surface area (Å²) in [6.45, 7) is 7.67. The smallest absolute Gasteiger partial charge is 0.193 e. The van der Waals surface area contributed by atoms with Gasteiger partial charge in [-0.25, -0.2) is 0 Å². The van der Waals surface area contributed by atoms with Gasteiger partial charge in [0.05, 0.1) is 12.8 Å². The number of aliphatic imine (C=N–C) groups is 1. The van der Waals surface area contributed by atoms with Crippen molar-refractivity contribution in [2.24, 2.45) is 16.6 Å². The highest BCUT2D eigenvalue weighted by Crippen LogP contribution is 2.16. The molecule has 24 heavy (non-hydrogen) atoms. The van der Waals surface area contributed by atoms with Crippen LogP contribution in [0.2, 0.25) is 0 Å². The van der Waals surface area contributed by atoms with Gasteiger partial charge in [0.1, 0.15) is 5.75 Å². The SMILES string of the molecule is COc1cccc(NC(N)=NCC(C)Cn2nc(C)cc2C)c1.I. The lowest BCUT2D eigenvalue weighted by molar-refractivity contribution is 0.415. The van der Waals surface area contributed by atoms with Crippen LogP contribution in [-0.4, -0.2) is 29.4 Å². The lowest BCUT2D eigenvalue weighted by atomic mass is 10.2. The number of nitrogens with one attached hydrogen (secondary N) is 1. The van der Waals surface area contributed by atoms with E-state index in [2.05, 4.69) is 35.3 Å². The third-order valence-electron chi connectivity index (χ3n) is 3.50. The number of methoxy groups -OCH3 is 1. The maximum Gasteiger partial charge on any atom is 0.193 e. The third-order valence-corrected chi connectivity index (χ3v) is 3.50. The molecule has 1 aromatic heterocycles. The molecule has 0 fully saturated rings. The number of nitrogens with two attached hydrogens (primary N) is 1. The topological polar surface area (TPSA) is 77.5 Å². The Bertz CT molecular complexity index is 683. The standard InChI is InChI=1S/C17H25N5O.HI/c1-12(11-22-14(3)8-13(2)21-22)10-19-17(18)20-15-6-5-7-16(9-15)23-4;/h5-9,12H,10-11H2,1-4H3,(H3,18,19,20);1H. The van der Waals surface area contributed by atoms with Crippen LogP contribution in [-0.2, 0) is 6.54 Å². The Morgan fingerprint density at radius 2 is 2.12 bits per heavy atom. The van der Waals surface area contributed by atoms with Gasteiger partial charge in [-0.3, -0.25) is 9.67 Å². The van der Waals surface area contributed by atoms with Crippen molar-refractivity contribution in [1.29, 1.82) is 0 Å². The van der Waals surface area contributed by atoms with Crippen molar-refractivity contribution in [3.63, 3.8) is 0 Å². The molecule has 0 aliphatic carbocycles. The van der Waals surface area contributed by atoms with Crippen LogP contribution in [0, 0.1) is 19.8 Å². The highest BCUT2D eigenvalue weighted by atomic mass is 127. The molecular formula is C17H26IN5O. The molecule has 0 spiro atoms. The highest BCUT2D eigenvalue weighted by Gasteiger charge is 2.07. The van der Waals surface area contributed by atoms with Gasteiger partial charge in [-0.05, 0) is 38.0 Å². The minimum Gasteiger partial charge on any atom is -0.497 e. The van der Waals surface area contributed by atoms with E-state index in [1.807, 2.05) is 35.9 Å². The van der Waals surface area contributed by atoms with Crippen LogP contribution in [0.3, 0.4) is 0 Å². The number of benzene rings is 1. The minimum atomic E-state index is 0. The minimum absolute atomic E-state index is 0. The first kappa shape index (κ1) is 20.3. The summed E-state index contributed by atoms with van der Waals surface area (Å²) in [5.74, 6) is 1.53. The predicted molar refractivity (Wildman–Crippen MR) is 109 cm³/mol. The first-order chi connectivity index (χ1) is 11.0. The number of rotatable bonds is 6. The number of ether oxygens (including phenoxy) is 1. The molecule has 7 heteroatoms. The molecule has 3 N–H and O–H groups in total. The Balaban J connectivity index is 0.00000288. The van der Waals surface area contributed by atoms with Crippen LogP contribution in [0.4, 0.5) is 5.69 Å². The van der Waals surface area contributed by atoms with E-state index in [1.54, 1.807) is 7.11 Å². The molecule has 1 atom stereocenters. The fourth-order valence-electron chi connectivity index (χ4n) is 2.36. The number of anilines is 1. The molecule has 1 heterocycles. The fourth-order valence-corrected chi connectivity index (χ4v) is 2.36. The third kappa shape index (κ3) is 6.03. The first-order valence-corrected chi connectivity index (χ1v) is 7.70. The van der Waals surface area contributed by atoms with E-state index < -0.39 is 0 Å². The fraction of sp³-hybridized carbons (Fsp3) is 0.412. The number of hydrogen-bond acceptors (Lipinski definition) is 3. The van der Waals surface area contributed by atoms with Crippen LogP contribution < -0.4 is 15.8 Å². The van der Waals surface area contributed by atoms with Gasteiger partial charge in [0.25, 0.3) is 0 Å². The Kier molecular flexibility index (Phi) is 8.03. The second kappa shape index (κ2) is 9.51. The van der Waals surface area contributed by atoms with Crippen LogP contribution >= 0.6 is 24.0 Å². The van der Waals surface area contributed by atoms with Crippen molar-refractivity contribution < 1.29 is 4.74 Å². The quantitative estimate of drug-likeness (QED) is 0.409. The number of halogens is 1. The second-order valence-electron chi connectivity index (χ2n) is 5.80. The molecular weight excluding hydrogens is 417 g/mol. The van der Waals surface area contributed by atoms with E-state index in [1.165, 1.54) is 5.69 Å². The van der Waals surface area contributed by atoms with Crippen LogP contribution in [0.1, 0.15) is 18.3 Å². The zero-order valence-electron chi connectivity index (χ0n) is 14.6. The molecule has 2 rings (SSSR count). The summed E-state index contributed by atoms with van der Waals surface area (Å²) in [5, 5.41) is 7.55. The van der Waals surface area contributed by atoms with Crippen molar-refractivity contribution in [1.82, 2.24) is 9.78 Å². The maximum absolute atomic E-state index is 5.95. The molecule has 0 radical (unpaired) electrons. The molecule has 0 amide bonds. The van der Waals surface area contributed by atoms with Crippen molar-refractivity contribution in [3.8, 4) is 5.75 Å². The molecule has 6 nitrogen and oxygen atoms in total. The van der Waals surface area contributed by atoms with Crippen LogP contribution in [0.25, 0.3) is 0 Å². The van der Waals surface area contributed by atoms with Gasteiger partial charge in [-0.1, -0.05) is 13.0 Å². The molecule has 0 saturated heterocycles. The normalized spacial score (nSPS) is 12.4. The van der Waals surface area contributed by atoms with Gasteiger partial charge >= 0.3 is 0 Å². The Morgan fingerprint density at radius 1 is 1.38 bits per heavy atom. The maximum atomic E-state index is 5.95. The Morgan fingerprint density at radius 3 is 2.75 bits per heavy atom. The van der Waals surface area contributed by atoms with Crippen molar-refractivity contribution in [2.45, 2.75) is 27.3 Å². The highest BCUT2D eigenvalue weighted by molar-refractivity contribution is 14.0. The van der Waals surface area contributed by atoms with Crippen LogP contribution in [0.5, 0.6) is 5.75 Å². The molecule has 1 unspecified atom stereocenters. The summed E-state index contributed by atoms with van der Waals surface area (Å²) >= 11 is 0. The van der Waals surface area contributed by atoms with E-state index in [4.69, 9.17) is 10.5 Å². The van der Waals surface area contributed by atoms with Gasteiger partial charge in [0.2, 0.25) is 0 Å². The summed E-state index contributed by atoms with van der Waals surface area (Å²) in [6, 6.07) is 9.66. The Hall–Kier alpha value is -1.77. The molecule has 132 valence electrons. The monoisotopic (exact) mass is 443 g/mol. The van der Waals surface area contributed by atoms with Gasteiger partial charge in [-0.2, -0.15) is 5.10 Å². The zero-order chi connectivity index (χ0) is 16.8.